The van der Waals surface area contributed by atoms with Crippen molar-refractivity contribution in [3.63, 3.8) is 0 Å². The van der Waals surface area contributed by atoms with Gasteiger partial charge in [-0.05, 0) is 37.2 Å². The number of ketones is 1. The molecule has 0 aromatic heterocycles. The molecule has 1 atom stereocenters. The van der Waals surface area contributed by atoms with Gasteiger partial charge in [-0.25, -0.2) is 0 Å². The second kappa shape index (κ2) is 6.04. The number of hydrogen-bond acceptors (Lipinski definition) is 3. The maximum atomic E-state index is 11.2. The molecule has 1 saturated heterocycles. The Hall–Kier alpha value is 0.170. The molecular weight excluding hydrogens is 203 g/mol. The van der Waals surface area contributed by atoms with Crippen LogP contribution in [0.1, 0.15) is 25.7 Å². The summed E-state index contributed by atoms with van der Waals surface area (Å²) >= 11 is 0. The zero-order valence-corrected chi connectivity index (χ0v) is 11.2. The Labute approximate surface area is 112 Å². The molecule has 1 aliphatic heterocycles. The average molecular weight is 218 g/mol. The fourth-order valence-corrected chi connectivity index (χ4v) is 2.41. The Kier molecular flexibility index (Phi) is 5.33. The number of rotatable bonds is 1. The molecule has 4 heteroatoms. The first-order valence-corrected chi connectivity index (χ1v) is 5.24. The van der Waals surface area contributed by atoms with Crippen LogP contribution in [0.5, 0.6) is 0 Å². The van der Waals surface area contributed by atoms with E-state index in [4.69, 9.17) is 4.74 Å². The van der Waals surface area contributed by atoms with Gasteiger partial charge in [-0.2, -0.15) is 0 Å². The summed E-state index contributed by atoms with van der Waals surface area (Å²) < 4.78 is 5.27. The number of allylic oxidation sites excluding steroid dienone is 2. The number of hydrogen-bond donors (Lipinski definition) is 0. The molecule has 0 amide bonds. The molecule has 0 aromatic rings. The minimum absolute atomic E-state index is 0. The summed E-state index contributed by atoms with van der Waals surface area (Å²) in [5.74, 6) is 0.824. The van der Waals surface area contributed by atoms with Gasteiger partial charge in [0.1, 0.15) is 0 Å². The van der Waals surface area contributed by atoms with Gasteiger partial charge in [-0.3, -0.25) is 4.79 Å². The Morgan fingerprint density at radius 3 is 2.47 bits per heavy atom. The molecule has 0 aromatic carbocycles. The molecule has 78 valence electrons. The first-order chi connectivity index (χ1) is 6.75. The van der Waals surface area contributed by atoms with Crippen molar-refractivity contribution in [3.05, 3.63) is 11.8 Å². The smallest absolute Gasteiger partial charge is 0.875 e. The van der Waals surface area contributed by atoms with Gasteiger partial charge in [-0.15, -0.1) is 5.76 Å². The molecule has 0 bridgehead atoms. The van der Waals surface area contributed by atoms with Crippen molar-refractivity contribution in [2.45, 2.75) is 25.7 Å². The van der Waals surface area contributed by atoms with Crippen LogP contribution in [-0.4, -0.2) is 19.0 Å². The van der Waals surface area contributed by atoms with Crippen molar-refractivity contribution in [2.75, 3.05) is 13.2 Å². The molecule has 0 N–H and O–H groups in total. The third-order valence-electron chi connectivity index (χ3n) is 3.18. The van der Waals surface area contributed by atoms with Crippen molar-refractivity contribution >= 4 is 5.78 Å². The van der Waals surface area contributed by atoms with Crippen LogP contribution >= 0.6 is 0 Å². The molecule has 0 saturated carbocycles. The van der Waals surface area contributed by atoms with Crippen LogP contribution in [0.3, 0.4) is 0 Å². The normalized spacial score (nSPS) is 28.1. The van der Waals surface area contributed by atoms with Crippen LogP contribution in [0.25, 0.3) is 0 Å². The molecule has 1 fully saturated rings. The Morgan fingerprint density at radius 2 is 1.87 bits per heavy atom. The zero-order valence-electron chi connectivity index (χ0n) is 9.20. The molecule has 1 aliphatic carbocycles. The molecule has 3 nitrogen and oxygen atoms in total. The van der Waals surface area contributed by atoms with E-state index in [0.29, 0.717) is 18.8 Å². The summed E-state index contributed by atoms with van der Waals surface area (Å²) in [5, 5.41) is 11.2. The predicted molar refractivity (Wildman–Crippen MR) is 49.4 cm³/mol. The molecule has 15 heavy (non-hydrogen) atoms. The van der Waals surface area contributed by atoms with Crippen molar-refractivity contribution in [1.29, 1.82) is 0 Å². The van der Waals surface area contributed by atoms with E-state index in [1.165, 1.54) is 6.08 Å². The van der Waals surface area contributed by atoms with Gasteiger partial charge < -0.3 is 9.84 Å². The SMILES string of the molecule is O=C1C=C([O-])CC(C2CCOCC2)C1.[Na+]. The van der Waals surface area contributed by atoms with E-state index in [1.807, 2.05) is 0 Å². The van der Waals surface area contributed by atoms with Crippen LogP contribution < -0.4 is 34.7 Å². The third kappa shape index (κ3) is 3.59. The summed E-state index contributed by atoms with van der Waals surface area (Å²) in [7, 11) is 0. The van der Waals surface area contributed by atoms with E-state index in [-0.39, 0.29) is 47.0 Å². The van der Waals surface area contributed by atoms with Gasteiger partial charge in [0.05, 0.1) is 0 Å². The molecule has 2 aliphatic rings. The largest absolute Gasteiger partial charge is 1.00 e. The monoisotopic (exact) mass is 218 g/mol. The predicted octanol–water partition coefficient (Wildman–Crippen LogP) is -2.36. The number of ether oxygens (including phenoxy) is 1. The van der Waals surface area contributed by atoms with Gasteiger partial charge in [0.25, 0.3) is 0 Å². The van der Waals surface area contributed by atoms with Gasteiger partial charge in [0.2, 0.25) is 0 Å². The van der Waals surface area contributed by atoms with E-state index in [9.17, 15) is 9.90 Å². The maximum absolute atomic E-state index is 11.2. The topological polar surface area (TPSA) is 49.4 Å². The van der Waals surface area contributed by atoms with E-state index < -0.39 is 0 Å². The zero-order chi connectivity index (χ0) is 9.97. The molecule has 0 radical (unpaired) electrons. The summed E-state index contributed by atoms with van der Waals surface area (Å²) in [5.41, 5.74) is 0. The van der Waals surface area contributed by atoms with Crippen LogP contribution in [0.2, 0.25) is 0 Å². The van der Waals surface area contributed by atoms with E-state index in [1.54, 1.807) is 0 Å². The first kappa shape index (κ1) is 13.2. The second-order valence-electron chi connectivity index (χ2n) is 4.20. The van der Waals surface area contributed by atoms with Gasteiger partial charge in [0, 0.05) is 19.6 Å². The van der Waals surface area contributed by atoms with Crippen molar-refractivity contribution < 1.29 is 44.2 Å². The van der Waals surface area contributed by atoms with Crippen LogP contribution in [-0.2, 0) is 9.53 Å². The summed E-state index contributed by atoms with van der Waals surface area (Å²) in [6.45, 7) is 1.57. The van der Waals surface area contributed by atoms with E-state index in [0.717, 1.165) is 26.1 Å². The van der Waals surface area contributed by atoms with Crippen molar-refractivity contribution in [2.24, 2.45) is 11.8 Å². The quantitative estimate of drug-likeness (QED) is 0.463. The number of carbonyl (C=O) groups is 1. The van der Waals surface area contributed by atoms with Crippen LogP contribution in [0.15, 0.2) is 11.8 Å². The van der Waals surface area contributed by atoms with E-state index >= 15 is 0 Å². The average Bonchev–Trinajstić information content (AvgIpc) is 2.18. The fraction of sp³-hybridized carbons (Fsp3) is 0.727. The third-order valence-corrected chi connectivity index (χ3v) is 3.18. The standard InChI is InChI=1S/C11H16O3.Na/c12-10-5-9(6-11(13)7-10)8-1-3-14-4-2-8;/h7-9,12H,1-6H2;/q;+1/p-1. The van der Waals surface area contributed by atoms with Crippen molar-refractivity contribution in [1.82, 2.24) is 0 Å². The Balaban J connectivity index is 0.00000112. The van der Waals surface area contributed by atoms with Gasteiger partial charge >= 0.3 is 29.6 Å². The van der Waals surface area contributed by atoms with Gasteiger partial charge in [-0.1, -0.05) is 0 Å². The minimum atomic E-state index is 0. The van der Waals surface area contributed by atoms with E-state index in [2.05, 4.69) is 0 Å². The summed E-state index contributed by atoms with van der Waals surface area (Å²) in [6, 6.07) is 0. The minimum Gasteiger partial charge on any atom is -0.875 e. The van der Waals surface area contributed by atoms with Crippen LogP contribution in [0, 0.1) is 11.8 Å². The van der Waals surface area contributed by atoms with Crippen molar-refractivity contribution in [3.8, 4) is 0 Å². The second-order valence-corrected chi connectivity index (χ2v) is 4.20. The Morgan fingerprint density at radius 1 is 1.20 bits per heavy atom. The summed E-state index contributed by atoms with van der Waals surface area (Å²) in [4.78, 5) is 11.2. The molecular formula is C11H15NaO3. The van der Waals surface area contributed by atoms with Crippen LogP contribution in [0.4, 0.5) is 0 Å². The Bertz CT molecular complexity index is 257. The molecule has 1 heterocycles. The van der Waals surface area contributed by atoms with Gasteiger partial charge in [0.15, 0.2) is 5.78 Å². The molecule has 0 spiro atoms. The maximum Gasteiger partial charge on any atom is 1.00 e. The first-order valence-electron chi connectivity index (χ1n) is 5.24. The molecule has 1 unspecified atom stereocenters. The molecule has 2 rings (SSSR count). The fourth-order valence-electron chi connectivity index (χ4n) is 2.41. The summed E-state index contributed by atoms with van der Waals surface area (Å²) in [6.07, 6.45) is 4.40. The number of carbonyl (C=O) groups excluding carboxylic acids is 1.